The first-order chi connectivity index (χ1) is 11.5. The highest BCUT2D eigenvalue weighted by Crippen LogP contribution is 2.11. The number of nitrogens with zero attached hydrogens (tertiary/aromatic N) is 1. The van der Waals surface area contributed by atoms with Crippen LogP contribution in [0.25, 0.3) is 6.08 Å². The topological polar surface area (TPSA) is 72.9 Å². The van der Waals surface area contributed by atoms with Crippen LogP contribution in [-0.2, 0) is 19.1 Å². The van der Waals surface area contributed by atoms with Crippen LogP contribution < -0.4 is 0 Å². The normalized spacial score (nSPS) is 15.3. The molecule has 1 unspecified atom stereocenters. The van der Waals surface area contributed by atoms with Crippen molar-refractivity contribution in [3.05, 3.63) is 41.5 Å². The molecule has 0 bridgehead atoms. The minimum atomic E-state index is -0.790. The summed E-state index contributed by atoms with van der Waals surface area (Å²) in [5.41, 5.74) is 1.17. The maximum Gasteiger partial charge on any atom is 0.337 e. The Morgan fingerprint density at radius 3 is 2.33 bits per heavy atom. The van der Waals surface area contributed by atoms with E-state index in [9.17, 15) is 14.4 Å². The van der Waals surface area contributed by atoms with Gasteiger partial charge in [-0.1, -0.05) is 12.1 Å². The summed E-state index contributed by atoms with van der Waals surface area (Å²) in [4.78, 5) is 36.9. The van der Waals surface area contributed by atoms with E-state index in [1.54, 1.807) is 42.2 Å². The zero-order valence-electron chi connectivity index (χ0n) is 13.9. The molecular formula is C18H21NO5. The van der Waals surface area contributed by atoms with Gasteiger partial charge in [-0.25, -0.2) is 9.59 Å². The van der Waals surface area contributed by atoms with Gasteiger partial charge >= 0.3 is 11.9 Å². The predicted molar refractivity (Wildman–Crippen MR) is 88.2 cm³/mol. The lowest BCUT2D eigenvalue weighted by Crippen LogP contribution is -2.37. The van der Waals surface area contributed by atoms with Crippen LogP contribution in [-0.4, -0.2) is 49.0 Å². The van der Waals surface area contributed by atoms with E-state index in [0.717, 1.165) is 31.5 Å². The summed E-state index contributed by atoms with van der Waals surface area (Å²) >= 11 is 0. The van der Waals surface area contributed by atoms with Crippen molar-refractivity contribution in [2.75, 3.05) is 20.2 Å². The van der Waals surface area contributed by atoms with Gasteiger partial charge in [-0.2, -0.15) is 0 Å². The number of carbonyl (C=O) groups is 3. The maximum absolute atomic E-state index is 12.1. The SMILES string of the molecule is COC(=O)c1ccc(/C=C/C(=O)OC(C)C(=O)N2CCCC2)cc1. The third-order valence-electron chi connectivity index (χ3n) is 3.80. The molecule has 6 heteroatoms. The van der Waals surface area contributed by atoms with Crippen molar-refractivity contribution in [3.8, 4) is 0 Å². The van der Waals surface area contributed by atoms with E-state index in [-0.39, 0.29) is 5.91 Å². The monoisotopic (exact) mass is 331 g/mol. The number of rotatable bonds is 5. The van der Waals surface area contributed by atoms with Gasteiger partial charge in [0.25, 0.3) is 5.91 Å². The van der Waals surface area contributed by atoms with Crippen LogP contribution >= 0.6 is 0 Å². The second kappa shape index (κ2) is 8.29. The Bertz CT molecular complexity index is 629. The molecule has 128 valence electrons. The Hall–Kier alpha value is -2.63. The highest BCUT2D eigenvalue weighted by atomic mass is 16.5. The van der Waals surface area contributed by atoms with Crippen LogP contribution in [0.4, 0.5) is 0 Å². The number of carbonyl (C=O) groups excluding carboxylic acids is 3. The lowest BCUT2D eigenvalue weighted by Gasteiger charge is -2.19. The molecule has 1 aliphatic heterocycles. The molecule has 1 heterocycles. The molecule has 0 radical (unpaired) electrons. The van der Waals surface area contributed by atoms with E-state index in [0.29, 0.717) is 5.56 Å². The molecule has 1 fully saturated rings. The number of amides is 1. The minimum Gasteiger partial charge on any atom is -0.465 e. The summed E-state index contributed by atoms with van der Waals surface area (Å²) in [5, 5.41) is 0. The first kappa shape index (κ1) is 17.7. The van der Waals surface area contributed by atoms with Crippen LogP contribution in [0.15, 0.2) is 30.3 Å². The fraction of sp³-hybridized carbons (Fsp3) is 0.389. The Morgan fingerprint density at radius 2 is 1.75 bits per heavy atom. The molecule has 2 rings (SSSR count). The first-order valence-electron chi connectivity index (χ1n) is 7.87. The van der Waals surface area contributed by atoms with Gasteiger partial charge in [0.2, 0.25) is 0 Å². The molecule has 0 saturated carbocycles. The van der Waals surface area contributed by atoms with Gasteiger partial charge in [0.15, 0.2) is 6.10 Å². The Balaban J connectivity index is 1.87. The number of likely N-dealkylation sites (tertiary alicyclic amines) is 1. The van der Waals surface area contributed by atoms with Crippen molar-refractivity contribution in [2.45, 2.75) is 25.9 Å². The molecule has 0 spiro atoms. The summed E-state index contributed by atoms with van der Waals surface area (Å²) in [6.45, 7) is 3.03. The number of benzene rings is 1. The standard InChI is InChI=1S/C18H21NO5/c1-13(17(21)19-11-3-4-12-19)24-16(20)10-7-14-5-8-15(9-6-14)18(22)23-2/h5-10,13H,3-4,11-12H2,1-2H3/b10-7+. The van der Waals surface area contributed by atoms with Crippen molar-refractivity contribution in [2.24, 2.45) is 0 Å². The van der Waals surface area contributed by atoms with Gasteiger partial charge in [-0.05, 0) is 43.5 Å². The molecule has 0 N–H and O–H groups in total. The lowest BCUT2D eigenvalue weighted by molar-refractivity contribution is -0.154. The molecule has 1 atom stereocenters. The largest absolute Gasteiger partial charge is 0.465 e. The summed E-state index contributed by atoms with van der Waals surface area (Å²) in [6, 6.07) is 6.59. The Kier molecular flexibility index (Phi) is 6.12. The molecule has 24 heavy (non-hydrogen) atoms. The predicted octanol–water partition coefficient (Wildman–Crippen LogP) is 2.04. The van der Waals surface area contributed by atoms with Gasteiger partial charge in [0.1, 0.15) is 0 Å². The minimum absolute atomic E-state index is 0.156. The smallest absolute Gasteiger partial charge is 0.337 e. The average molecular weight is 331 g/mol. The number of methoxy groups -OCH3 is 1. The van der Waals surface area contributed by atoms with Crippen LogP contribution in [0.2, 0.25) is 0 Å². The molecule has 6 nitrogen and oxygen atoms in total. The molecule has 1 amide bonds. The van der Waals surface area contributed by atoms with E-state index >= 15 is 0 Å². The summed E-state index contributed by atoms with van der Waals surface area (Å²) in [7, 11) is 1.32. The first-order valence-corrected chi connectivity index (χ1v) is 7.87. The van der Waals surface area contributed by atoms with Crippen molar-refractivity contribution in [3.63, 3.8) is 0 Å². The number of esters is 2. The van der Waals surface area contributed by atoms with Crippen molar-refractivity contribution in [1.29, 1.82) is 0 Å². The third kappa shape index (κ3) is 4.68. The van der Waals surface area contributed by atoms with E-state index in [1.807, 2.05) is 0 Å². The molecule has 1 aromatic carbocycles. The summed E-state index contributed by atoms with van der Waals surface area (Å²) in [6.07, 6.45) is 4.03. The maximum atomic E-state index is 12.1. The average Bonchev–Trinajstić information content (AvgIpc) is 3.13. The molecule has 1 saturated heterocycles. The highest BCUT2D eigenvalue weighted by molar-refractivity contribution is 5.91. The third-order valence-corrected chi connectivity index (χ3v) is 3.80. The van der Waals surface area contributed by atoms with E-state index in [4.69, 9.17) is 4.74 Å². The molecule has 0 aromatic heterocycles. The van der Waals surface area contributed by atoms with Crippen molar-refractivity contribution in [1.82, 2.24) is 4.90 Å². The molecule has 1 aliphatic rings. The highest BCUT2D eigenvalue weighted by Gasteiger charge is 2.25. The number of ether oxygens (including phenoxy) is 2. The quantitative estimate of drug-likeness (QED) is 0.610. The van der Waals surface area contributed by atoms with E-state index < -0.39 is 18.0 Å². The fourth-order valence-electron chi connectivity index (χ4n) is 2.47. The van der Waals surface area contributed by atoms with Crippen molar-refractivity contribution >= 4 is 23.9 Å². The van der Waals surface area contributed by atoms with Gasteiger partial charge in [0, 0.05) is 19.2 Å². The molecule has 1 aromatic rings. The fourth-order valence-corrected chi connectivity index (χ4v) is 2.47. The zero-order chi connectivity index (χ0) is 17.5. The van der Waals surface area contributed by atoms with Crippen LogP contribution in [0.3, 0.4) is 0 Å². The summed E-state index contributed by atoms with van der Waals surface area (Å²) < 4.78 is 9.75. The second-order valence-corrected chi connectivity index (χ2v) is 5.56. The van der Waals surface area contributed by atoms with Crippen molar-refractivity contribution < 1.29 is 23.9 Å². The molecule has 0 aliphatic carbocycles. The Labute approximate surface area is 141 Å². The Morgan fingerprint density at radius 1 is 1.12 bits per heavy atom. The second-order valence-electron chi connectivity index (χ2n) is 5.56. The molecular weight excluding hydrogens is 310 g/mol. The number of hydrogen-bond donors (Lipinski definition) is 0. The van der Waals surface area contributed by atoms with Gasteiger partial charge in [-0.3, -0.25) is 4.79 Å². The van der Waals surface area contributed by atoms with Crippen LogP contribution in [0.1, 0.15) is 35.7 Å². The van der Waals surface area contributed by atoms with Gasteiger partial charge < -0.3 is 14.4 Å². The summed E-state index contributed by atoms with van der Waals surface area (Å²) in [5.74, 6) is -1.15. The van der Waals surface area contributed by atoms with Crippen LogP contribution in [0, 0.1) is 0 Å². The van der Waals surface area contributed by atoms with E-state index in [2.05, 4.69) is 4.74 Å². The van der Waals surface area contributed by atoms with Gasteiger partial charge in [0.05, 0.1) is 12.7 Å². The number of hydrogen-bond acceptors (Lipinski definition) is 5. The zero-order valence-corrected chi connectivity index (χ0v) is 13.9. The lowest BCUT2D eigenvalue weighted by atomic mass is 10.1. The van der Waals surface area contributed by atoms with E-state index in [1.165, 1.54) is 13.2 Å². The van der Waals surface area contributed by atoms with Crippen LogP contribution in [0.5, 0.6) is 0 Å². The van der Waals surface area contributed by atoms with Gasteiger partial charge in [-0.15, -0.1) is 0 Å².